The molecule has 0 aliphatic heterocycles. The van der Waals surface area contributed by atoms with Crippen LogP contribution in [0.2, 0.25) is 0 Å². The van der Waals surface area contributed by atoms with Crippen LogP contribution in [0.25, 0.3) is 0 Å². The lowest BCUT2D eigenvalue weighted by atomic mass is 10.2. The van der Waals surface area contributed by atoms with Gasteiger partial charge in [0.05, 0.1) is 10.6 Å². The topological polar surface area (TPSA) is 79.3 Å². The maximum absolute atomic E-state index is 12.7. The summed E-state index contributed by atoms with van der Waals surface area (Å²) in [4.78, 5) is 8.92. The van der Waals surface area contributed by atoms with Crippen LogP contribution in [0.3, 0.4) is 0 Å². The highest BCUT2D eigenvalue weighted by molar-refractivity contribution is 5.46. The third kappa shape index (κ3) is 1.63. The van der Waals surface area contributed by atoms with Gasteiger partial charge in [-0.05, 0) is 0 Å². The quantitative estimate of drug-likeness (QED) is 0.438. The third-order valence-electron chi connectivity index (χ3n) is 1.31. The predicted octanol–water partition coefficient (Wildman–Crippen LogP) is 2.54. The zero-order valence-electron chi connectivity index (χ0n) is 6.12. The fourth-order valence-electron chi connectivity index (χ4n) is 0.791. The minimum absolute atomic E-state index is 0.305. The van der Waals surface area contributed by atoms with Crippen molar-refractivity contribution in [2.45, 2.75) is 0 Å². The lowest BCUT2D eigenvalue weighted by Crippen LogP contribution is -1.95. The summed E-state index contributed by atoms with van der Waals surface area (Å²) in [5.74, 6) is -2.67. The number of nitro benzene ring substituents is 1. The molecule has 0 saturated heterocycles. The zero-order chi connectivity index (χ0) is 10.0. The highest BCUT2D eigenvalue weighted by atomic mass is 19.1. The third-order valence-corrected chi connectivity index (χ3v) is 1.31. The van der Waals surface area contributed by atoms with Gasteiger partial charge in [0, 0.05) is 12.1 Å². The van der Waals surface area contributed by atoms with E-state index < -0.39 is 22.2 Å². The van der Waals surface area contributed by atoms with Crippen LogP contribution in [-0.2, 0) is 0 Å². The van der Waals surface area contributed by atoms with Crippen molar-refractivity contribution >= 4 is 11.4 Å². The first-order valence-corrected chi connectivity index (χ1v) is 3.07. The Hall–Kier alpha value is -1.92. The molecule has 0 radical (unpaired) electrons. The molecule has 5 nitrogen and oxygen atoms in total. The van der Waals surface area contributed by atoms with Gasteiger partial charge in [0.2, 0.25) is 11.6 Å². The van der Waals surface area contributed by atoms with E-state index in [2.05, 4.69) is 5.11 Å². The lowest BCUT2D eigenvalue weighted by molar-refractivity contribution is -0.390. The van der Waals surface area contributed by atoms with Crippen molar-refractivity contribution in [2.75, 3.05) is 0 Å². The molecule has 68 valence electrons. The fourth-order valence-corrected chi connectivity index (χ4v) is 0.791. The SMILES string of the molecule is N=Nc1cc(F)c([N+](=O)[O-])c(F)c1. The van der Waals surface area contributed by atoms with E-state index in [-0.39, 0.29) is 5.69 Å². The van der Waals surface area contributed by atoms with Crippen molar-refractivity contribution in [3.63, 3.8) is 0 Å². The van der Waals surface area contributed by atoms with E-state index in [1.807, 2.05) is 0 Å². The van der Waals surface area contributed by atoms with E-state index in [9.17, 15) is 18.9 Å². The van der Waals surface area contributed by atoms with Crippen molar-refractivity contribution in [1.29, 1.82) is 5.53 Å². The van der Waals surface area contributed by atoms with E-state index in [0.29, 0.717) is 12.1 Å². The summed E-state index contributed by atoms with van der Waals surface area (Å²) in [6.45, 7) is 0. The molecule has 7 heteroatoms. The summed E-state index contributed by atoms with van der Waals surface area (Å²) >= 11 is 0. The number of halogens is 2. The van der Waals surface area contributed by atoms with Gasteiger partial charge in [-0.2, -0.15) is 13.9 Å². The van der Waals surface area contributed by atoms with E-state index in [1.54, 1.807) is 0 Å². The molecule has 13 heavy (non-hydrogen) atoms. The molecule has 0 amide bonds. The molecular formula is C6H3F2N3O2. The summed E-state index contributed by atoms with van der Waals surface area (Å²) in [6, 6.07) is 1.24. The Morgan fingerprint density at radius 2 is 1.85 bits per heavy atom. The number of nitrogens with zero attached hydrogens (tertiary/aromatic N) is 2. The van der Waals surface area contributed by atoms with Crippen molar-refractivity contribution in [3.8, 4) is 0 Å². The van der Waals surface area contributed by atoms with E-state index in [0.717, 1.165) is 0 Å². The number of hydrogen-bond acceptors (Lipinski definition) is 4. The zero-order valence-corrected chi connectivity index (χ0v) is 6.12. The lowest BCUT2D eigenvalue weighted by Gasteiger charge is -1.96. The Kier molecular flexibility index (Phi) is 2.27. The summed E-state index contributed by atoms with van der Waals surface area (Å²) in [6.07, 6.45) is 0. The molecule has 0 atom stereocenters. The van der Waals surface area contributed by atoms with Gasteiger partial charge in [0.25, 0.3) is 0 Å². The van der Waals surface area contributed by atoms with E-state index in [1.165, 1.54) is 0 Å². The summed E-state index contributed by atoms with van der Waals surface area (Å²) in [5, 5.41) is 12.8. The maximum atomic E-state index is 12.7. The second-order valence-electron chi connectivity index (χ2n) is 2.13. The Morgan fingerprint density at radius 3 is 2.15 bits per heavy atom. The molecule has 0 unspecified atom stereocenters. The summed E-state index contributed by atoms with van der Waals surface area (Å²) < 4.78 is 25.4. The smallest absolute Gasteiger partial charge is 0.258 e. The van der Waals surface area contributed by atoms with Crippen LogP contribution in [0, 0.1) is 27.3 Å². The second kappa shape index (κ2) is 3.21. The fraction of sp³-hybridized carbons (Fsp3) is 0. The predicted molar refractivity (Wildman–Crippen MR) is 37.8 cm³/mol. The highest BCUT2D eigenvalue weighted by Crippen LogP contribution is 2.26. The van der Waals surface area contributed by atoms with E-state index in [4.69, 9.17) is 5.53 Å². The Balaban J connectivity index is 3.39. The molecule has 0 heterocycles. The van der Waals surface area contributed by atoms with Crippen molar-refractivity contribution in [1.82, 2.24) is 0 Å². The average Bonchev–Trinajstić information content (AvgIpc) is 2.02. The van der Waals surface area contributed by atoms with Gasteiger partial charge >= 0.3 is 5.69 Å². The number of benzene rings is 1. The van der Waals surface area contributed by atoms with Crippen LogP contribution in [0.15, 0.2) is 17.2 Å². The van der Waals surface area contributed by atoms with Gasteiger partial charge in [-0.15, -0.1) is 0 Å². The minimum Gasteiger partial charge on any atom is -0.258 e. The number of nitro groups is 1. The molecule has 0 aromatic heterocycles. The van der Waals surface area contributed by atoms with Crippen LogP contribution in [0.1, 0.15) is 0 Å². The first kappa shape index (κ1) is 9.17. The first-order valence-electron chi connectivity index (χ1n) is 3.07. The Labute approximate surface area is 70.7 Å². The molecule has 0 saturated carbocycles. The molecule has 0 aliphatic carbocycles. The van der Waals surface area contributed by atoms with Crippen LogP contribution < -0.4 is 0 Å². The molecule has 0 fully saturated rings. The van der Waals surface area contributed by atoms with Crippen LogP contribution in [0.4, 0.5) is 20.2 Å². The van der Waals surface area contributed by atoms with Crippen LogP contribution in [-0.4, -0.2) is 4.92 Å². The van der Waals surface area contributed by atoms with Crippen molar-refractivity contribution in [2.24, 2.45) is 5.11 Å². The average molecular weight is 187 g/mol. The highest BCUT2D eigenvalue weighted by Gasteiger charge is 2.21. The Morgan fingerprint density at radius 1 is 1.38 bits per heavy atom. The van der Waals surface area contributed by atoms with Crippen LogP contribution >= 0.6 is 0 Å². The number of nitrogens with one attached hydrogen (secondary N) is 1. The number of hydrogen-bond donors (Lipinski definition) is 1. The minimum atomic E-state index is -1.34. The molecule has 0 spiro atoms. The second-order valence-corrected chi connectivity index (χ2v) is 2.13. The van der Waals surface area contributed by atoms with Gasteiger partial charge < -0.3 is 0 Å². The number of rotatable bonds is 2. The molecule has 1 aromatic rings. The van der Waals surface area contributed by atoms with Gasteiger partial charge in [0.1, 0.15) is 0 Å². The van der Waals surface area contributed by atoms with Crippen LogP contribution in [0.5, 0.6) is 0 Å². The Bertz CT molecular complexity index is 357. The van der Waals surface area contributed by atoms with Gasteiger partial charge in [0.15, 0.2) is 0 Å². The molecule has 1 N–H and O–H groups in total. The molecule has 1 rings (SSSR count). The molecule has 1 aromatic carbocycles. The van der Waals surface area contributed by atoms with Crippen molar-refractivity contribution < 1.29 is 13.7 Å². The maximum Gasteiger partial charge on any atom is 0.340 e. The summed E-state index contributed by atoms with van der Waals surface area (Å²) in [5.41, 5.74) is 4.90. The standard InChI is InChI=1S/C6H3F2N3O2/c7-4-1-3(10-9)2-5(8)6(4)11(12)13/h1-2,9H. The molecule has 0 aliphatic rings. The monoisotopic (exact) mass is 187 g/mol. The summed E-state index contributed by atoms with van der Waals surface area (Å²) in [7, 11) is 0. The van der Waals surface area contributed by atoms with Gasteiger partial charge in [-0.1, -0.05) is 0 Å². The van der Waals surface area contributed by atoms with Gasteiger partial charge in [-0.25, -0.2) is 5.53 Å². The molecular weight excluding hydrogens is 184 g/mol. The first-order chi connectivity index (χ1) is 6.06. The van der Waals surface area contributed by atoms with Gasteiger partial charge in [-0.3, -0.25) is 10.1 Å². The largest absolute Gasteiger partial charge is 0.340 e. The van der Waals surface area contributed by atoms with Crippen molar-refractivity contribution in [3.05, 3.63) is 33.9 Å². The molecule has 0 bridgehead atoms. The van der Waals surface area contributed by atoms with E-state index >= 15 is 0 Å². The normalized spacial score (nSPS) is 9.69.